The fourth-order valence-corrected chi connectivity index (χ4v) is 3.21. The summed E-state index contributed by atoms with van der Waals surface area (Å²) in [5.74, 6) is -0.631. The third kappa shape index (κ3) is 4.27. The number of benzene rings is 2. The highest BCUT2D eigenvalue weighted by atomic mass is 16.6. The zero-order valence-electron chi connectivity index (χ0n) is 16.6. The van der Waals surface area contributed by atoms with Crippen molar-refractivity contribution in [1.29, 1.82) is 0 Å². The van der Waals surface area contributed by atoms with Crippen LogP contribution >= 0.6 is 0 Å². The Morgan fingerprint density at radius 1 is 1.03 bits per heavy atom. The van der Waals surface area contributed by atoms with E-state index in [9.17, 15) is 14.9 Å². The number of hydrogen-bond donors (Lipinski definition) is 1. The maximum absolute atomic E-state index is 12.3. The summed E-state index contributed by atoms with van der Waals surface area (Å²) in [6, 6.07) is 24.0. The van der Waals surface area contributed by atoms with Crippen LogP contribution in [0.5, 0.6) is 0 Å². The number of amides is 1. The molecule has 0 fully saturated rings. The van der Waals surface area contributed by atoms with Crippen molar-refractivity contribution in [3.05, 3.63) is 106 Å². The Bertz CT molecular complexity index is 1250. The molecule has 0 saturated heterocycles. The second-order valence-corrected chi connectivity index (χ2v) is 6.74. The maximum Gasteiger partial charge on any atom is 0.433 e. The summed E-state index contributed by atoms with van der Waals surface area (Å²) in [7, 11) is 0. The van der Waals surface area contributed by atoms with E-state index in [0.717, 1.165) is 22.6 Å². The Morgan fingerprint density at radius 2 is 1.77 bits per heavy atom. The molecule has 4 rings (SSSR count). The second kappa shape index (κ2) is 8.50. The lowest BCUT2D eigenvalue weighted by molar-refractivity contribution is -0.402. The van der Waals surface area contributed by atoms with Crippen molar-refractivity contribution in [2.75, 3.05) is 0 Å². The number of furan rings is 1. The van der Waals surface area contributed by atoms with Gasteiger partial charge in [0.15, 0.2) is 5.76 Å². The molecule has 1 amide bonds. The van der Waals surface area contributed by atoms with Gasteiger partial charge in [0.05, 0.1) is 18.0 Å². The van der Waals surface area contributed by atoms with Crippen LogP contribution in [0, 0.1) is 17.0 Å². The van der Waals surface area contributed by atoms with Gasteiger partial charge in [-0.3, -0.25) is 14.9 Å². The Morgan fingerprint density at radius 3 is 2.45 bits per heavy atom. The van der Waals surface area contributed by atoms with Crippen LogP contribution in [0.3, 0.4) is 0 Å². The molecule has 0 unspecified atom stereocenters. The number of nitrogens with one attached hydrogen (secondary N) is 1. The highest BCUT2D eigenvalue weighted by Crippen LogP contribution is 2.26. The predicted molar refractivity (Wildman–Crippen MR) is 116 cm³/mol. The molecule has 154 valence electrons. The fraction of sp³-hybridized carbons (Fsp3) is 0.0435. The van der Waals surface area contributed by atoms with Crippen LogP contribution in [0.15, 0.2) is 88.4 Å². The monoisotopic (exact) mass is 414 g/mol. The van der Waals surface area contributed by atoms with Gasteiger partial charge >= 0.3 is 5.88 Å². The molecule has 1 N–H and O–H groups in total. The van der Waals surface area contributed by atoms with Crippen molar-refractivity contribution >= 4 is 18.0 Å². The van der Waals surface area contributed by atoms with E-state index in [4.69, 9.17) is 4.42 Å². The average molecular weight is 414 g/mol. The van der Waals surface area contributed by atoms with E-state index in [-0.39, 0.29) is 5.76 Å². The molecule has 8 heteroatoms. The number of hydrazone groups is 1. The standard InChI is InChI=1S/C23H18N4O4/c1-16-7-13-21(17-5-3-2-4-6-17)26(16)19-10-8-18(9-11-19)23(28)25-24-15-20-12-14-22(31-20)27(29)30/h2-15H,1H3,(H,25,28)/b24-15+. The molecule has 0 aliphatic rings. The largest absolute Gasteiger partial charge is 0.433 e. The van der Waals surface area contributed by atoms with Crippen LogP contribution in [-0.4, -0.2) is 21.6 Å². The molecule has 0 atom stereocenters. The van der Waals surface area contributed by atoms with Gasteiger partial charge in [0.2, 0.25) is 0 Å². The van der Waals surface area contributed by atoms with E-state index in [1.165, 1.54) is 18.3 Å². The third-order valence-corrected chi connectivity index (χ3v) is 4.68. The Hall–Kier alpha value is -4.46. The molecule has 4 aromatic rings. The topological polar surface area (TPSA) is 103 Å². The van der Waals surface area contributed by atoms with Crippen molar-refractivity contribution in [2.45, 2.75) is 6.92 Å². The van der Waals surface area contributed by atoms with Crippen LogP contribution in [0.4, 0.5) is 5.88 Å². The number of rotatable bonds is 6. The van der Waals surface area contributed by atoms with Crippen LogP contribution in [0.2, 0.25) is 0 Å². The molecule has 2 aromatic heterocycles. The number of carbonyl (C=O) groups excluding carboxylic acids is 1. The van der Waals surface area contributed by atoms with Crippen LogP contribution < -0.4 is 5.43 Å². The van der Waals surface area contributed by atoms with E-state index in [2.05, 4.69) is 39.4 Å². The zero-order valence-corrected chi connectivity index (χ0v) is 16.6. The maximum atomic E-state index is 12.3. The molecular formula is C23H18N4O4. The molecule has 0 spiro atoms. The lowest BCUT2D eigenvalue weighted by Crippen LogP contribution is -2.17. The fourth-order valence-electron chi connectivity index (χ4n) is 3.21. The van der Waals surface area contributed by atoms with Crippen LogP contribution in [-0.2, 0) is 0 Å². The molecule has 2 aromatic carbocycles. The van der Waals surface area contributed by atoms with Crippen molar-refractivity contribution in [2.24, 2.45) is 5.10 Å². The zero-order chi connectivity index (χ0) is 21.8. The first-order valence-corrected chi connectivity index (χ1v) is 9.45. The Kier molecular flexibility index (Phi) is 5.44. The number of aromatic nitrogens is 1. The van der Waals surface area contributed by atoms with Gasteiger partial charge < -0.3 is 8.98 Å². The molecule has 31 heavy (non-hydrogen) atoms. The van der Waals surface area contributed by atoms with Gasteiger partial charge in [0.25, 0.3) is 5.91 Å². The van der Waals surface area contributed by atoms with Gasteiger partial charge in [-0.25, -0.2) is 5.43 Å². The third-order valence-electron chi connectivity index (χ3n) is 4.68. The van der Waals surface area contributed by atoms with Crippen molar-refractivity contribution in [3.63, 3.8) is 0 Å². The molecule has 0 bridgehead atoms. The summed E-state index contributed by atoms with van der Waals surface area (Å²) in [6.07, 6.45) is 1.20. The molecule has 8 nitrogen and oxygen atoms in total. The SMILES string of the molecule is Cc1ccc(-c2ccccc2)n1-c1ccc(C(=O)N/N=C/c2ccc([N+](=O)[O-])o2)cc1. The molecule has 0 aliphatic heterocycles. The van der Waals surface area contributed by atoms with Crippen molar-refractivity contribution in [1.82, 2.24) is 9.99 Å². The van der Waals surface area contributed by atoms with E-state index in [1.54, 1.807) is 12.1 Å². The van der Waals surface area contributed by atoms with Gasteiger partial charge in [-0.15, -0.1) is 0 Å². The minimum atomic E-state index is -0.646. The molecule has 0 radical (unpaired) electrons. The molecular weight excluding hydrogens is 396 g/mol. The Labute approximate surface area is 177 Å². The first-order chi connectivity index (χ1) is 15.0. The molecule has 0 aliphatic carbocycles. The summed E-state index contributed by atoms with van der Waals surface area (Å²) in [5.41, 5.74) is 6.99. The van der Waals surface area contributed by atoms with Crippen LogP contribution in [0.1, 0.15) is 21.8 Å². The van der Waals surface area contributed by atoms with Crippen molar-refractivity contribution in [3.8, 4) is 16.9 Å². The van der Waals surface area contributed by atoms with E-state index in [1.807, 2.05) is 37.3 Å². The lowest BCUT2D eigenvalue weighted by Gasteiger charge is -2.12. The average Bonchev–Trinajstić information content (AvgIpc) is 3.41. The predicted octanol–water partition coefficient (Wildman–Crippen LogP) is 4.72. The van der Waals surface area contributed by atoms with E-state index >= 15 is 0 Å². The lowest BCUT2D eigenvalue weighted by atomic mass is 10.1. The Balaban J connectivity index is 1.48. The summed E-state index contributed by atoms with van der Waals surface area (Å²) >= 11 is 0. The summed E-state index contributed by atoms with van der Waals surface area (Å²) in [6.45, 7) is 2.03. The number of nitro groups is 1. The second-order valence-electron chi connectivity index (χ2n) is 6.74. The first-order valence-electron chi connectivity index (χ1n) is 9.45. The van der Waals surface area contributed by atoms with Crippen molar-refractivity contribution < 1.29 is 14.1 Å². The van der Waals surface area contributed by atoms with Crippen LogP contribution in [0.25, 0.3) is 16.9 Å². The minimum absolute atomic E-state index is 0.166. The quantitative estimate of drug-likeness (QED) is 0.280. The summed E-state index contributed by atoms with van der Waals surface area (Å²) in [5, 5.41) is 14.4. The number of hydrogen-bond acceptors (Lipinski definition) is 5. The first kappa shape index (κ1) is 19.8. The molecule has 0 saturated carbocycles. The normalized spacial score (nSPS) is 11.0. The van der Waals surface area contributed by atoms with E-state index in [0.29, 0.717) is 5.56 Å². The van der Waals surface area contributed by atoms with Gasteiger partial charge in [0, 0.05) is 16.9 Å². The summed E-state index contributed by atoms with van der Waals surface area (Å²) in [4.78, 5) is 22.3. The highest BCUT2D eigenvalue weighted by Gasteiger charge is 2.12. The van der Waals surface area contributed by atoms with Gasteiger partial charge in [-0.1, -0.05) is 30.3 Å². The number of aryl methyl sites for hydroxylation is 1. The highest BCUT2D eigenvalue weighted by molar-refractivity contribution is 5.95. The number of nitrogens with zero attached hydrogens (tertiary/aromatic N) is 3. The number of carbonyl (C=O) groups is 1. The van der Waals surface area contributed by atoms with Gasteiger partial charge in [-0.05, 0) is 55.0 Å². The summed E-state index contributed by atoms with van der Waals surface area (Å²) < 4.78 is 7.07. The minimum Gasteiger partial charge on any atom is -0.400 e. The van der Waals surface area contributed by atoms with E-state index < -0.39 is 16.7 Å². The molecule has 2 heterocycles. The van der Waals surface area contributed by atoms with Gasteiger partial charge in [-0.2, -0.15) is 5.10 Å². The van der Waals surface area contributed by atoms with Gasteiger partial charge in [0.1, 0.15) is 4.92 Å². The smallest absolute Gasteiger partial charge is 0.400 e.